The Kier molecular flexibility index (Phi) is 22.9. The highest BCUT2D eigenvalue weighted by Crippen LogP contribution is 2.36. The predicted molar refractivity (Wildman–Crippen MR) is 319 cm³/mol. The largest absolute Gasteiger partial charge is 0.495 e. The molecule has 0 radical (unpaired) electrons. The summed E-state index contributed by atoms with van der Waals surface area (Å²) in [5.41, 5.74) is 6.71. The van der Waals surface area contributed by atoms with E-state index in [1.165, 1.54) is 11.8 Å². The molecule has 19 nitrogen and oxygen atoms in total. The number of nitrogens with zero attached hydrogens (tertiary/aromatic N) is 3. The molecule has 4 aromatic carbocycles. The summed E-state index contributed by atoms with van der Waals surface area (Å²) in [6.07, 6.45) is 5.27. The Morgan fingerprint density at radius 3 is 2.26 bits per heavy atom. The average molecular weight is 1170 g/mol. The van der Waals surface area contributed by atoms with E-state index in [1.54, 1.807) is 64.1 Å². The van der Waals surface area contributed by atoms with Gasteiger partial charge in [-0.2, -0.15) is 4.98 Å². The van der Waals surface area contributed by atoms with Gasteiger partial charge in [-0.15, -0.1) is 0 Å². The van der Waals surface area contributed by atoms with Crippen molar-refractivity contribution in [3.05, 3.63) is 123 Å². The number of carbonyl (C=O) groups excluding carboxylic acids is 3. The number of nitrogens with one attached hydrogen (secondary N) is 6. The van der Waals surface area contributed by atoms with E-state index in [0.29, 0.717) is 82.1 Å². The number of rotatable bonds is 29. The summed E-state index contributed by atoms with van der Waals surface area (Å²) in [5, 5.41) is 18.6. The van der Waals surface area contributed by atoms with Crippen molar-refractivity contribution < 1.29 is 46.5 Å². The van der Waals surface area contributed by atoms with Gasteiger partial charge in [-0.3, -0.25) is 14.4 Å². The van der Waals surface area contributed by atoms with Crippen LogP contribution < -0.4 is 41.4 Å². The molecule has 0 unspecified atom stereocenters. The summed E-state index contributed by atoms with van der Waals surface area (Å²) in [6.45, 7) is 17.2. The van der Waals surface area contributed by atoms with Crippen molar-refractivity contribution in [1.29, 1.82) is 0 Å². The van der Waals surface area contributed by atoms with Gasteiger partial charge in [0.15, 0.2) is 15.7 Å². The number of aromatic nitrogens is 2. The third kappa shape index (κ3) is 16.9. The lowest BCUT2D eigenvalue weighted by Gasteiger charge is -2.41. The lowest BCUT2D eigenvalue weighted by atomic mass is 9.83. The number of aryl methyl sites for hydroxylation is 2. The first-order valence-corrected chi connectivity index (χ1v) is 30.1. The second-order valence-corrected chi connectivity index (χ2v) is 24.9. The van der Waals surface area contributed by atoms with Crippen LogP contribution in [0.5, 0.6) is 11.5 Å². The number of para-hydroxylation sites is 1. The lowest BCUT2D eigenvalue weighted by Crippen LogP contribution is -2.62. The number of methoxy groups -OCH3 is 1. The van der Waals surface area contributed by atoms with Gasteiger partial charge in [0.25, 0.3) is 0 Å². The molecule has 3 amide bonds. The van der Waals surface area contributed by atoms with Crippen LogP contribution >= 0.6 is 11.6 Å². The van der Waals surface area contributed by atoms with Crippen LogP contribution in [0.1, 0.15) is 93.8 Å². The Balaban J connectivity index is 0.801. The standard InChI is InChI=1S/C61H82ClN9O10S/c1-39(2)82(75,76)54-20-13-12-18-50(54)66-56-48(62)37-65-60(70-56)68-51-33-40(3)43(36-53(51)77-9)23-24-64-25-26-78-27-28-79-29-30-80-31-32-81-46-22-21-44-35-52(58(73)67-49-19-14-16-42-15-10-11-17-47(42)49)71(38-45(44)34-46)59(74)55(61(5,6)7)69-57(72)41(4)63-8/h10-13,15,17-18,20-22,33-34,36-37,39,41,49,52,55,63-64H,14,16,19,23-32,35,38H2,1-9H3,(H,67,73)(H,69,72)(H2,65,66,68,70)/t41-,49-,52-,55+/m0/s1. The van der Waals surface area contributed by atoms with Crippen molar-refractivity contribution in [3.8, 4) is 11.5 Å². The zero-order valence-corrected chi connectivity index (χ0v) is 50.4. The number of anilines is 4. The molecule has 2 heterocycles. The van der Waals surface area contributed by atoms with Crippen LogP contribution in [0.25, 0.3) is 0 Å². The van der Waals surface area contributed by atoms with Crippen molar-refractivity contribution in [2.45, 2.75) is 121 Å². The highest BCUT2D eigenvalue weighted by molar-refractivity contribution is 7.92. The molecule has 1 aliphatic carbocycles. The molecule has 4 atom stereocenters. The fourth-order valence-corrected chi connectivity index (χ4v) is 11.2. The van der Waals surface area contributed by atoms with E-state index in [-0.39, 0.29) is 52.0 Å². The third-order valence-corrected chi connectivity index (χ3v) is 17.2. The van der Waals surface area contributed by atoms with E-state index in [0.717, 1.165) is 60.0 Å². The molecule has 0 saturated carbocycles. The van der Waals surface area contributed by atoms with Crippen molar-refractivity contribution in [1.82, 2.24) is 36.1 Å². The highest BCUT2D eigenvalue weighted by Gasteiger charge is 2.43. The van der Waals surface area contributed by atoms with Crippen LogP contribution in [-0.4, -0.2) is 138 Å². The van der Waals surface area contributed by atoms with Gasteiger partial charge in [-0.25, -0.2) is 13.4 Å². The summed E-state index contributed by atoms with van der Waals surface area (Å²) in [5.74, 6) is 0.901. The van der Waals surface area contributed by atoms with Gasteiger partial charge in [-0.1, -0.05) is 74.8 Å². The molecule has 0 fully saturated rings. The van der Waals surface area contributed by atoms with Gasteiger partial charge >= 0.3 is 0 Å². The van der Waals surface area contributed by atoms with Crippen molar-refractivity contribution in [2.24, 2.45) is 5.41 Å². The predicted octanol–water partition coefficient (Wildman–Crippen LogP) is 7.96. The minimum absolute atomic E-state index is 0.152. The number of amides is 3. The van der Waals surface area contributed by atoms with Gasteiger partial charge in [-0.05, 0) is 142 Å². The first-order valence-electron chi connectivity index (χ1n) is 28.2. The molecule has 2 aliphatic rings. The van der Waals surface area contributed by atoms with Crippen molar-refractivity contribution in [2.75, 3.05) is 84.1 Å². The van der Waals surface area contributed by atoms with E-state index in [4.69, 9.17) is 35.3 Å². The Bertz CT molecular complexity index is 3090. The van der Waals surface area contributed by atoms with E-state index in [9.17, 15) is 22.8 Å². The Labute approximate surface area is 488 Å². The molecule has 1 aliphatic heterocycles. The molecule has 1 aromatic heterocycles. The number of sulfone groups is 1. The Morgan fingerprint density at radius 1 is 0.829 bits per heavy atom. The molecule has 82 heavy (non-hydrogen) atoms. The molecule has 5 aromatic rings. The van der Waals surface area contributed by atoms with Gasteiger partial charge in [0.05, 0.1) is 86.6 Å². The fraction of sp³-hybridized carbons (Fsp3) is 0.492. The maximum absolute atomic E-state index is 14.7. The van der Waals surface area contributed by atoms with Crippen LogP contribution in [0.2, 0.25) is 5.02 Å². The molecular formula is C61H82ClN9O10S. The number of halogens is 1. The molecule has 0 saturated heterocycles. The van der Waals surface area contributed by atoms with Crippen LogP contribution in [0.4, 0.5) is 23.1 Å². The molecule has 0 spiro atoms. The van der Waals surface area contributed by atoms with Gasteiger partial charge in [0.2, 0.25) is 23.7 Å². The molecule has 21 heteroatoms. The number of hydrogen-bond acceptors (Lipinski definition) is 16. The summed E-state index contributed by atoms with van der Waals surface area (Å²) in [7, 11) is -0.284. The molecule has 6 N–H and O–H groups in total. The van der Waals surface area contributed by atoms with Crippen molar-refractivity contribution >= 4 is 62.3 Å². The summed E-state index contributed by atoms with van der Waals surface area (Å²) in [4.78, 5) is 53.0. The molecule has 7 rings (SSSR count). The SMILES string of the molecule is CN[C@@H](C)C(=O)N[C@H](C(=O)N1Cc2cc(OCCOCCOCCOCCNCCc3cc(OC)c(Nc4ncc(Cl)c(Nc5ccccc5S(=O)(=O)C(C)C)n4)cc3C)ccc2C[C@H]1C(=O)N[C@H]1CCCc2ccccc21)C(C)(C)C. The average Bonchev–Trinajstić information content (AvgIpc) is 3.66. The number of fused-ring (bicyclic) bond motifs is 2. The third-order valence-electron chi connectivity index (χ3n) is 14.8. The van der Waals surface area contributed by atoms with Crippen molar-refractivity contribution in [3.63, 3.8) is 0 Å². The topological polar surface area (TPSA) is 233 Å². The minimum Gasteiger partial charge on any atom is -0.495 e. The van der Waals surface area contributed by atoms with Gasteiger partial charge in [0.1, 0.15) is 35.2 Å². The van der Waals surface area contributed by atoms with Crippen LogP contribution in [-0.2, 0) is 64.2 Å². The fourth-order valence-electron chi connectivity index (χ4n) is 9.85. The molecular weight excluding hydrogens is 1090 g/mol. The van der Waals surface area contributed by atoms with Gasteiger partial charge < -0.3 is 60.5 Å². The van der Waals surface area contributed by atoms with Crippen LogP contribution in [0, 0.1) is 12.3 Å². The normalized spacial score (nSPS) is 15.9. The molecule has 0 bridgehead atoms. The monoisotopic (exact) mass is 1170 g/mol. The maximum Gasteiger partial charge on any atom is 0.246 e. The minimum atomic E-state index is -3.58. The van der Waals surface area contributed by atoms with E-state index >= 15 is 0 Å². The number of benzene rings is 4. The van der Waals surface area contributed by atoms with E-state index in [2.05, 4.69) is 54.0 Å². The number of hydrogen-bond donors (Lipinski definition) is 6. The van der Waals surface area contributed by atoms with E-state index in [1.807, 2.05) is 70.2 Å². The second-order valence-electron chi connectivity index (χ2n) is 22.0. The maximum atomic E-state index is 14.7. The zero-order chi connectivity index (χ0) is 59.0. The summed E-state index contributed by atoms with van der Waals surface area (Å²) < 4.78 is 55.2. The lowest BCUT2D eigenvalue weighted by molar-refractivity contribution is -0.147. The molecule has 444 valence electrons. The summed E-state index contributed by atoms with van der Waals surface area (Å²) in [6, 6.07) is 22.3. The van der Waals surface area contributed by atoms with Crippen LogP contribution in [0.3, 0.4) is 0 Å². The zero-order valence-electron chi connectivity index (χ0n) is 48.8. The summed E-state index contributed by atoms with van der Waals surface area (Å²) >= 11 is 6.46. The number of carbonyl (C=O) groups is 3. The smallest absolute Gasteiger partial charge is 0.246 e. The number of likely N-dealkylation sites (N-methyl/N-ethyl adjacent to an activating group) is 1. The van der Waals surface area contributed by atoms with Crippen LogP contribution in [0.15, 0.2) is 90.0 Å². The quantitative estimate of drug-likeness (QED) is 0.0249. The second kappa shape index (κ2) is 29.7. The highest BCUT2D eigenvalue weighted by atomic mass is 35.5. The first kappa shape index (κ1) is 63.2. The first-order chi connectivity index (χ1) is 39.3. The van der Waals surface area contributed by atoms with Gasteiger partial charge in [0, 0.05) is 19.5 Å². The Morgan fingerprint density at radius 2 is 1.54 bits per heavy atom. The van der Waals surface area contributed by atoms with E-state index < -0.39 is 38.6 Å². The number of ether oxygens (including phenoxy) is 5. The Hall–Kier alpha value is -6.39.